The zero-order chi connectivity index (χ0) is 37.3. The summed E-state index contributed by atoms with van der Waals surface area (Å²) in [6, 6.07) is 22.8. The van der Waals surface area contributed by atoms with Gasteiger partial charge in [0.05, 0.1) is 41.4 Å². The van der Waals surface area contributed by atoms with Crippen LogP contribution in [-0.2, 0) is 27.5 Å². The summed E-state index contributed by atoms with van der Waals surface area (Å²) in [5.41, 5.74) is 3.05. The molecule has 7 rings (SSSR count). The fraction of sp³-hybridized carbons (Fsp3) is 0.375. The van der Waals surface area contributed by atoms with E-state index < -0.39 is 28.7 Å². The third-order valence-corrected chi connectivity index (χ3v) is 13.8. The predicted molar refractivity (Wildman–Crippen MR) is 210 cm³/mol. The van der Waals surface area contributed by atoms with Crippen LogP contribution in [-0.4, -0.2) is 101 Å². The first-order valence-corrected chi connectivity index (χ1v) is 19.7. The van der Waals surface area contributed by atoms with E-state index in [0.717, 1.165) is 11.1 Å². The maximum absolute atomic E-state index is 15.3. The Hall–Kier alpha value is -4.46. The van der Waals surface area contributed by atoms with E-state index in [9.17, 15) is 9.90 Å². The van der Waals surface area contributed by atoms with Gasteiger partial charge in [0.1, 0.15) is 24.0 Å². The molecule has 3 aliphatic rings. The Kier molecular flexibility index (Phi) is 10.8. The van der Waals surface area contributed by atoms with E-state index in [1.807, 2.05) is 85.8 Å². The summed E-state index contributed by atoms with van der Waals surface area (Å²) in [4.78, 5) is 50.1. The molecule has 1 aromatic heterocycles. The number of para-hydroxylation sites is 1. The van der Waals surface area contributed by atoms with Crippen LogP contribution in [0.5, 0.6) is 5.75 Å². The van der Waals surface area contributed by atoms with Crippen LogP contribution in [0.15, 0.2) is 104 Å². The molecule has 53 heavy (non-hydrogen) atoms. The lowest BCUT2D eigenvalue weighted by Crippen LogP contribution is -2.58. The number of aliphatic hydroxyl groups is 1. The van der Waals surface area contributed by atoms with E-state index in [1.54, 1.807) is 43.3 Å². The average Bonchev–Trinajstić information content (AvgIpc) is 3.90. The molecule has 3 aromatic carbocycles. The van der Waals surface area contributed by atoms with E-state index in [2.05, 4.69) is 39.4 Å². The van der Waals surface area contributed by atoms with Crippen LogP contribution in [0.4, 0.5) is 5.69 Å². The van der Waals surface area contributed by atoms with Gasteiger partial charge in [0, 0.05) is 28.9 Å². The van der Waals surface area contributed by atoms with Crippen molar-refractivity contribution in [2.45, 2.75) is 53.3 Å². The Morgan fingerprint density at radius 3 is 2.47 bits per heavy atom. The van der Waals surface area contributed by atoms with Crippen molar-refractivity contribution in [2.24, 2.45) is 11.8 Å². The summed E-state index contributed by atoms with van der Waals surface area (Å²) in [5.74, 6) is -1.63. The van der Waals surface area contributed by atoms with Crippen molar-refractivity contribution in [1.29, 1.82) is 0 Å². The molecule has 3 aliphatic heterocycles. The van der Waals surface area contributed by atoms with E-state index >= 15 is 9.59 Å². The first kappa shape index (κ1) is 36.9. The van der Waals surface area contributed by atoms with Crippen molar-refractivity contribution in [3.63, 3.8) is 0 Å². The van der Waals surface area contributed by atoms with E-state index in [4.69, 9.17) is 4.74 Å². The highest BCUT2D eigenvalue weighted by Crippen LogP contribution is 2.68. The van der Waals surface area contributed by atoms with Gasteiger partial charge in [-0.15, -0.1) is 30.0 Å². The Balaban J connectivity index is 1.30. The molecule has 2 bridgehead atoms. The Morgan fingerprint density at radius 2 is 1.77 bits per heavy atom. The Labute approximate surface area is 321 Å². The molecule has 7 atom stereocenters. The second-order valence-electron chi connectivity index (χ2n) is 13.7. The number of benzene rings is 3. The van der Waals surface area contributed by atoms with Crippen LogP contribution < -0.4 is 9.64 Å². The van der Waals surface area contributed by atoms with Gasteiger partial charge in [-0.25, -0.2) is 4.68 Å². The molecular formula is C40H43BrN6O5S. The summed E-state index contributed by atoms with van der Waals surface area (Å²) < 4.78 is 6.37. The van der Waals surface area contributed by atoms with Gasteiger partial charge in [0.2, 0.25) is 17.7 Å². The lowest BCUT2D eigenvalue weighted by atomic mass is 9.70. The van der Waals surface area contributed by atoms with Crippen molar-refractivity contribution >= 4 is 62.1 Å². The van der Waals surface area contributed by atoms with Gasteiger partial charge in [-0.1, -0.05) is 75.8 Å². The van der Waals surface area contributed by atoms with Gasteiger partial charge in [-0.05, 0) is 61.7 Å². The highest BCUT2D eigenvalue weighted by atomic mass is 79.9. The van der Waals surface area contributed by atoms with Crippen LogP contribution in [0.3, 0.4) is 0 Å². The van der Waals surface area contributed by atoms with Gasteiger partial charge in [0.25, 0.3) is 0 Å². The normalized spacial score (nSPS) is 24.9. The second-order valence-corrected chi connectivity index (χ2v) is 16.4. The fourth-order valence-electron chi connectivity index (χ4n) is 8.41. The average molecular weight is 800 g/mol. The highest BCUT2D eigenvalue weighted by molar-refractivity contribution is 9.09. The predicted octanol–water partition coefficient (Wildman–Crippen LogP) is 5.09. The van der Waals surface area contributed by atoms with Crippen molar-refractivity contribution in [1.82, 2.24) is 24.8 Å². The monoisotopic (exact) mass is 798 g/mol. The number of rotatable bonds is 15. The summed E-state index contributed by atoms with van der Waals surface area (Å²) >= 11 is 5.47. The number of likely N-dealkylation sites (tertiary alicyclic amines) is 1. The minimum atomic E-state index is -0.971. The minimum absolute atomic E-state index is 0.0756. The molecule has 3 amide bonds. The lowest BCUT2D eigenvalue weighted by molar-refractivity contribution is -0.146. The number of hydrogen-bond acceptors (Lipinski definition) is 8. The van der Waals surface area contributed by atoms with Crippen molar-refractivity contribution < 1.29 is 24.2 Å². The topological polar surface area (TPSA) is 121 Å². The summed E-state index contributed by atoms with van der Waals surface area (Å²) in [7, 11) is 0. The third kappa shape index (κ3) is 6.57. The second kappa shape index (κ2) is 15.5. The van der Waals surface area contributed by atoms with E-state index in [-0.39, 0.29) is 54.2 Å². The van der Waals surface area contributed by atoms with Crippen molar-refractivity contribution in [3.8, 4) is 5.75 Å². The number of aliphatic hydroxyl groups excluding tert-OH is 1. The molecule has 0 saturated carbocycles. The van der Waals surface area contributed by atoms with Crippen LogP contribution in [0.2, 0.25) is 0 Å². The Morgan fingerprint density at radius 1 is 1.06 bits per heavy atom. The molecule has 276 valence electrons. The number of hydrogen-bond donors (Lipinski definition) is 1. The van der Waals surface area contributed by atoms with Gasteiger partial charge in [-0.2, -0.15) is 0 Å². The summed E-state index contributed by atoms with van der Waals surface area (Å²) in [6.45, 7) is 10.4. The van der Waals surface area contributed by atoms with Gasteiger partial charge in [0.15, 0.2) is 0 Å². The van der Waals surface area contributed by atoms with Crippen molar-refractivity contribution in [3.05, 3.63) is 110 Å². The number of ether oxygens (including phenoxy) is 1. The molecule has 4 aromatic rings. The molecule has 4 heterocycles. The fourth-order valence-corrected chi connectivity index (χ4v) is 12.0. The zero-order valence-electron chi connectivity index (χ0n) is 29.5. The zero-order valence-corrected chi connectivity index (χ0v) is 31.9. The minimum Gasteiger partial charge on any atom is -0.494 e. The van der Waals surface area contributed by atoms with Crippen molar-refractivity contribution in [2.75, 3.05) is 31.2 Å². The summed E-state index contributed by atoms with van der Waals surface area (Å²) in [5, 5.41) is 19.4. The molecule has 0 aliphatic carbocycles. The SMILES string of the molecule is C=CCN(Cn1nnc2ccccc21)C(=O)C1N([C@@H](CO)Cc2ccccc2)C(=O)[C@@H]2[C@@H](C(=O)N(CC=C)c3ccc(OCC)cc3)[C@@H]3SC12CC3Br. The van der Waals surface area contributed by atoms with Crippen LogP contribution in [0, 0.1) is 11.8 Å². The van der Waals surface area contributed by atoms with Gasteiger partial charge in [-0.3, -0.25) is 14.4 Å². The number of amides is 3. The molecule has 1 spiro atoms. The van der Waals surface area contributed by atoms with Crippen LogP contribution >= 0.6 is 27.7 Å². The number of aromatic nitrogens is 3. The Bertz CT molecular complexity index is 1990. The quantitative estimate of drug-likeness (QED) is 0.131. The third-order valence-electron chi connectivity index (χ3n) is 10.6. The molecule has 11 nitrogen and oxygen atoms in total. The molecule has 0 radical (unpaired) electrons. The molecule has 3 saturated heterocycles. The lowest BCUT2D eigenvalue weighted by Gasteiger charge is -2.40. The number of fused-ring (bicyclic) bond motifs is 2. The standard InChI is InChI=1S/C40H43BrN6O5S/c1-4-20-44(25-46-32-15-11-10-14-31(32)42-43-46)39(51)36-40-23-30(41)35(53-40)33(37(49)45(21-5-2)27-16-18-29(19-17-27)52-6-3)34(40)38(50)47(36)28(24-48)22-26-12-8-7-9-13-26/h4-5,7-19,28,30,33-36,48H,1-2,6,20-25H2,3H3/t28-,30?,33-,34+,35-,36?,40?/m1/s1. The molecule has 3 fully saturated rings. The number of halogens is 1. The first-order valence-electron chi connectivity index (χ1n) is 17.9. The van der Waals surface area contributed by atoms with Crippen LogP contribution in [0.1, 0.15) is 18.9 Å². The number of thioether (sulfide) groups is 1. The van der Waals surface area contributed by atoms with Crippen LogP contribution in [0.25, 0.3) is 11.0 Å². The molecular weight excluding hydrogens is 756 g/mol. The number of carbonyl (C=O) groups is 3. The highest BCUT2D eigenvalue weighted by Gasteiger charge is 2.76. The maximum Gasteiger partial charge on any atom is 0.248 e. The maximum atomic E-state index is 15.3. The first-order chi connectivity index (χ1) is 25.8. The largest absolute Gasteiger partial charge is 0.494 e. The number of carbonyl (C=O) groups excluding carboxylic acids is 3. The number of nitrogens with zero attached hydrogens (tertiary/aromatic N) is 6. The number of anilines is 1. The smallest absolute Gasteiger partial charge is 0.248 e. The van der Waals surface area contributed by atoms with Gasteiger partial charge < -0.3 is 24.5 Å². The molecule has 3 unspecified atom stereocenters. The van der Waals surface area contributed by atoms with E-state index in [1.165, 1.54) is 0 Å². The number of alkyl halides is 1. The molecule has 13 heteroatoms. The molecule has 1 N–H and O–H groups in total. The van der Waals surface area contributed by atoms with Gasteiger partial charge >= 0.3 is 0 Å². The summed E-state index contributed by atoms with van der Waals surface area (Å²) in [6.07, 6.45) is 4.17. The van der Waals surface area contributed by atoms with E-state index in [0.29, 0.717) is 36.4 Å².